The summed E-state index contributed by atoms with van der Waals surface area (Å²) in [5.41, 5.74) is 0. The largest absolute Gasteiger partial charge is 0.357 e. The Morgan fingerprint density at radius 1 is 1.37 bits per heavy atom. The normalized spacial score (nSPS) is 20.9. The summed E-state index contributed by atoms with van der Waals surface area (Å²) in [6, 6.07) is 0.755. The summed E-state index contributed by atoms with van der Waals surface area (Å²) in [6.07, 6.45) is 10.6. The molecule has 4 nitrogen and oxygen atoms in total. The van der Waals surface area contributed by atoms with E-state index in [0.717, 1.165) is 31.6 Å². The molecule has 1 aliphatic rings. The van der Waals surface area contributed by atoms with Gasteiger partial charge in [-0.05, 0) is 32.7 Å². The predicted molar refractivity (Wildman–Crippen MR) is 82.3 cm³/mol. The van der Waals surface area contributed by atoms with Crippen molar-refractivity contribution in [3.05, 3.63) is 0 Å². The maximum Gasteiger partial charge on any atom is 0.192 e. The number of hydrogen-bond acceptors (Lipinski definition) is 2. The summed E-state index contributed by atoms with van der Waals surface area (Å²) >= 11 is 0. The molecule has 1 atom stereocenters. The van der Waals surface area contributed by atoms with Crippen molar-refractivity contribution in [1.82, 2.24) is 15.5 Å². The topological polar surface area (TPSA) is 39.7 Å². The van der Waals surface area contributed by atoms with Crippen LogP contribution in [0.25, 0.3) is 0 Å². The molecule has 0 radical (unpaired) electrons. The van der Waals surface area contributed by atoms with Gasteiger partial charge in [-0.2, -0.15) is 0 Å². The minimum absolute atomic E-state index is 0.521. The highest BCUT2D eigenvalue weighted by Crippen LogP contribution is 2.18. The molecule has 0 aliphatic carbocycles. The van der Waals surface area contributed by atoms with Gasteiger partial charge in [0.1, 0.15) is 0 Å². The summed E-state index contributed by atoms with van der Waals surface area (Å²) in [7, 11) is 0. The van der Waals surface area contributed by atoms with Crippen LogP contribution in [0.3, 0.4) is 0 Å². The summed E-state index contributed by atoms with van der Waals surface area (Å²) in [4.78, 5) is 7.15. The van der Waals surface area contributed by atoms with E-state index in [1.54, 1.807) is 0 Å². The van der Waals surface area contributed by atoms with Gasteiger partial charge in [0.05, 0.1) is 13.1 Å². The fourth-order valence-electron chi connectivity index (χ4n) is 2.58. The van der Waals surface area contributed by atoms with Crippen molar-refractivity contribution in [3.8, 4) is 12.3 Å². The first-order chi connectivity index (χ1) is 9.31. The van der Waals surface area contributed by atoms with Gasteiger partial charge in [-0.3, -0.25) is 9.89 Å². The zero-order valence-corrected chi connectivity index (χ0v) is 12.4. The summed E-state index contributed by atoms with van der Waals surface area (Å²) in [5, 5.41) is 6.32. The Morgan fingerprint density at radius 2 is 2.21 bits per heavy atom. The molecule has 1 fully saturated rings. The monoisotopic (exact) mass is 264 g/mol. The average molecular weight is 264 g/mol. The number of guanidine groups is 1. The Labute approximate surface area is 118 Å². The van der Waals surface area contributed by atoms with Gasteiger partial charge in [0, 0.05) is 19.1 Å². The SMILES string of the molecule is C#CCNC(=NCCN1CCCCC1CC)NCC. The Hall–Kier alpha value is -1.21. The van der Waals surface area contributed by atoms with Crippen LogP contribution in [0.1, 0.15) is 39.5 Å². The van der Waals surface area contributed by atoms with Crippen LogP contribution in [0, 0.1) is 12.3 Å². The molecule has 0 amide bonds. The van der Waals surface area contributed by atoms with Gasteiger partial charge < -0.3 is 10.6 Å². The number of nitrogens with zero attached hydrogens (tertiary/aromatic N) is 2. The first-order valence-electron chi connectivity index (χ1n) is 7.51. The van der Waals surface area contributed by atoms with Gasteiger partial charge >= 0.3 is 0 Å². The van der Waals surface area contributed by atoms with Crippen LogP contribution < -0.4 is 10.6 Å². The summed E-state index contributed by atoms with van der Waals surface area (Å²) in [5.74, 6) is 3.39. The molecule has 19 heavy (non-hydrogen) atoms. The minimum Gasteiger partial charge on any atom is -0.357 e. The fraction of sp³-hybridized carbons (Fsp3) is 0.800. The third-order valence-corrected chi connectivity index (χ3v) is 3.58. The third kappa shape index (κ3) is 5.98. The van der Waals surface area contributed by atoms with E-state index in [1.165, 1.54) is 32.2 Å². The molecular weight excluding hydrogens is 236 g/mol. The van der Waals surface area contributed by atoms with Crippen molar-refractivity contribution >= 4 is 5.96 Å². The number of nitrogens with one attached hydrogen (secondary N) is 2. The van der Waals surface area contributed by atoms with Crippen LogP contribution in [0.5, 0.6) is 0 Å². The Bertz CT molecular complexity index is 306. The van der Waals surface area contributed by atoms with Gasteiger partial charge in [-0.15, -0.1) is 6.42 Å². The number of terminal acetylenes is 1. The zero-order valence-electron chi connectivity index (χ0n) is 12.4. The van der Waals surface area contributed by atoms with E-state index >= 15 is 0 Å². The van der Waals surface area contributed by atoms with E-state index in [0.29, 0.717) is 6.54 Å². The van der Waals surface area contributed by atoms with E-state index in [9.17, 15) is 0 Å². The lowest BCUT2D eigenvalue weighted by Gasteiger charge is -2.34. The highest BCUT2D eigenvalue weighted by molar-refractivity contribution is 5.79. The number of hydrogen-bond donors (Lipinski definition) is 2. The van der Waals surface area contributed by atoms with E-state index < -0.39 is 0 Å². The van der Waals surface area contributed by atoms with Crippen molar-refractivity contribution in [1.29, 1.82) is 0 Å². The van der Waals surface area contributed by atoms with E-state index in [-0.39, 0.29) is 0 Å². The first-order valence-corrected chi connectivity index (χ1v) is 7.51. The van der Waals surface area contributed by atoms with E-state index in [1.807, 2.05) is 0 Å². The lowest BCUT2D eigenvalue weighted by Crippen LogP contribution is -2.41. The van der Waals surface area contributed by atoms with E-state index in [4.69, 9.17) is 6.42 Å². The highest BCUT2D eigenvalue weighted by Gasteiger charge is 2.19. The number of piperidine rings is 1. The molecule has 1 heterocycles. The maximum absolute atomic E-state index is 5.25. The number of rotatable bonds is 6. The molecule has 0 saturated carbocycles. The molecule has 1 unspecified atom stereocenters. The van der Waals surface area contributed by atoms with Crippen molar-refractivity contribution in [2.45, 2.75) is 45.6 Å². The number of likely N-dealkylation sites (tertiary alicyclic amines) is 1. The van der Waals surface area contributed by atoms with Crippen LogP contribution in [-0.2, 0) is 0 Å². The summed E-state index contributed by atoms with van der Waals surface area (Å²) in [6.45, 7) is 8.82. The van der Waals surface area contributed by atoms with Crippen LogP contribution >= 0.6 is 0 Å². The molecule has 0 bridgehead atoms. The molecule has 0 aromatic heterocycles. The smallest absolute Gasteiger partial charge is 0.192 e. The second-order valence-corrected chi connectivity index (χ2v) is 4.91. The molecule has 2 N–H and O–H groups in total. The quantitative estimate of drug-likeness (QED) is 0.433. The Morgan fingerprint density at radius 3 is 2.89 bits per heavy atom. The van der Waals surface area contributed by atoms with Gasteiger partial charge in [0.15, 0.2) is 5.96 Å². The predicted octanol–water partition coefficient (Wildman–Crippen LogP) is 1.44. The molecule has 1 aliphatic heterocycles. The van der Waals surface area contributed by atoms with Gasteiger partial charge in [0.25, 0.3) is 0 Å². The van der Waals surface area contributed by atoms with Gasteiger partial charge in [0.2, 0.25) is 0 Å². The van der Waals surface area contributed by atoms with Crippen LogP contribution in [-0.4, -0.2) is 49.6 Å². The minimum atomic E-state index is 0.521. The van der Waals surface area contributed by atoms with Crippen LogP contribution in [0.15, 0.2) is 4.99 Å². The highest BCUT2D eigenvalue weighted by atomic mass is 15.2. The van der Waals surface area contributed by atoms with E-state index in [2.05, 4.69) is 40.3 Å². The van der Waals surface area contributed by atoms with Crippen LogP contribution in [0.2, 0.25) is 0 Å². The zero-order chi connectivity index (χ0) is 13.9. The molecule has 0 aromatic rings. The Kier molecular flexibility index (Phi) is 8.08. The lowest BCUT2D eigenvalue weighted by molar-refractivity contribution is 0.149. The molecule has 4 heteroatoms. The second kappa shape index (κ2) is 9.69. The first kappa shape index (κ1) is 15.8. The Balaban J connectivity index is 2.37. The molecular formula is C15H28N4. The molecule has 108 valence electrons. The van der Waals surface area contributed by atoms with Crippen molar-refractivity contribution in [3.63, 3.8) is 0 Å². The standard InChI is InChI=1S/C15H28N4/c1-4-10-17-15(16-6-3)18-11-13-19-12-8-7-9-14(19)5-2/h1,14H,5-13H2,2-3H3,(H2,16,17,18). The maximum atomic E-state index is 5.25. The molecule has 1 rings (SSSR count). The molecule has 0 aromatic carbocycles. The molecule has 0 spiro atoms. The lowest BCUT2D eigenvalue weighted by atomic mass is 10.0. The summed E-state index contributed by atoms with van der Waals surface area (Å²) < 4.78 is 0. The van der Waals surface area contributed by atoms with Crippen LogP contribution in [0.4, 0.5) is 0 Å². The fourth-order valence-corrected chi connectivity index (χ4v) is 2.58. The number of aliphatic imine (C=N–C) groups is 1. The van der Waals surface area contributed by atoms with Gasteiger partial charge in [-0.25, -0.2) is 0 Å². The van der Waals surface area contributed by atoms with Gasteiger partial charge in [-0.1, -0.05) is 19.3 Å². The third-order valence-electron chi connectivity index (χ3n) is 3.58. The van der Waals surface area contributed by atoms with Crippen molar-refractivity contribution < 1.29 is 0 Å². The second-order valence-electron chi connectivity index (χ2n) is 4.91. The molecule has 1 saturated heterocycles. The average Bonchev–Trinajstić information content (AvgIpc) is 2.45. The van der Waals surface area contributed by atoms with Crippen molar-refractivity contribution in [2.75, 3.05) is 32.7 Å². The van der Waals surface area contributed by atoms with Crippen molar-refractivity contribution in [2.24, 2.45) is 4.99 Å².